The summed E-state index contributed by atoms with van der Waals surface area (Å²) in [6.45, 7) is 1.81. The van der Waals surface area contributed by atoms with Crippen molar-refractivity contribution in [1.82, 2.24) is 15.2 Å². The predicted octanol–water partition coefficient (Wildman–Crippen LogP) is 2.51. The second-order valence-corrected chi connectivity index (χ2v) is 4.35. The summed E-state index contributed by atoms with van der Waals surface area (Å²) in [5, 5.41) is 16.9. The van der Waals surface area contributed by atoms with Crippen molar-refractivity contribution in [3.05, 3.63) is 36.2 Å². The number of nitrogens with zero attached hydrogens (tertiary/aromatic N) is 5. The van der Waals surface area contributed by atoms with Crippen molar-refractivity contribution in [3.8, 4) is 17.5 Å². The molecule has 0 fully saturated rings. The number of aryl methyl sites for hydroxylation is 1. The highest BCUT2D eigenvalue weighted by atomic mass is 16.3. The van der Waals surface area contributed by atoms with Crippen molar-refractivity contribution >= 4 is 16.9 Å². The summed E-state index contributed by atoms with van der Waals surface area (Å²) in [4.78, 5) is 5.64. The Hall–Kier alpha value is -2.94. The van der Waals surface area contributed by atoms with Gasteiger partial charge >= 0.3 is 0 Å². The lowest BCUT2D eigenvalue weighted by Gasteiger charge is -2.06. The number of rotatable bonds is 2. The number of hydrogen-bond donors (Lipinski definition) is 0. The number of oxazole rings is 1. The lowest BCUT2D eigenvalue weighted by molar-refractivity contribution is 0.561. The number of benzene rings is 1. The van der Waals surface area contributed by atoms with Gasteiger partial charge in [0.15, 0.2) is 23.5 Å². The van der Waals surface area contributed by atoms with Gasteiger partial charge in [0.2, 0.25) is 0 Å². The van der Waals surface area contributed by atoms with Gasteiger partial charge in [0.05, 0.1) is 5.69 Å². The highest BCUT2D eigenvalue weighted by Crippen LogP contribution is 2.23. The van der Waals surface area contributed by atoms with Gasteiger partial charge in [0.1, 0.15) is 5.52 Å². The molecule has 0 radical (unpaired) electrons. The van der Waals surface area contributed by atoms with Crippen LogP contribution < -0.4 is 4.90 Å². The van der Waals surface area contributed by atoms with E-state index in [1.165, 1.54) is 4.90 Å². The highest BCUT2D eigenvalue weighted by Gasteiger charge is 2.07. The summed E-state index contributed by atoms with van der Waals surface area (Å²) in [5.41, 5.74) is 3.17. The van der Waals surface area contributed by atoms with Crippen LogP contribution in [0.5, 0.6) is 0 Å². The maximum atomic E-state index is 8.78. The third kappa shape index (κ3) is 2.06. The third-order valence-corrected chi connectivity index (χ3v) is 2.93. The third-order valence-electron chi connectivity index (χ3n) is 2.93. The average molecular weight is 265 g/mol. The van der Waals surface area contributed by atoms with Crippen molar-refractivity contribution < 1.29 is 4.42 Å². The van der Waals surface area contributed by atoms with Crippen LogP contribution in [0, 0.1) is 18.4 Å². The maximum Gasteiger partial charge on any atom is 0.192 e. The summed E-state index contributed by atoms with van der Waals surface area (Å²) >= 11 is 0. The lowest BCUT2D eigenvalue weighted by atomic mass is 10.1. The Morgan fingerprint density at radius 1 is 1.20 bits per heavy atom. The molecular formula is C14H11N5O. The molecule has 0 aliphatic rings. The molecule has 0 bridgehead atoms. The van der Waals surface area contributed by atoms with Gasteiger partial charge in [-0.3, -0.25) is 4.90 Å². The summed E-state index contributed by atoms with van der Waals surface area (Å²) in [6, 6.07) is 9.25. The highest BCUT2D eigenvalue weighted by molar-refractivity contribution is 5.79. The van der Waals surface area contributed by atoms with Gasteiger partial charge in [-0.2, -0.15) is 5.26 Å². The van der Waals surface area contributed by atoms with E-state index in [2.05, 4.69) is 15.2 Å². The van der Waals surface area contributed by atoms with E-state index in [1.54, 1.807) is 13.1 Å². The first-order valence-corrected chi connectivity index (χ1v) is 6.02. The first kappa shape index (κ1) is 12.1. The minimum Gasteiger partial charge on any atom is -0.441 e. The van der Waals surface area contributed by atoms with Gasteiger partial charge in [-0.25, -0.2) is 4.98 Å². The summed E-state index contributed by atoms with van der Waals surface area (Å²) < 4.78 is 5.43. The van der Waals surface area contributed by atoms with Crippen LogP contribution >= 0.6 is 0 Å². The van der Waals surface area contributed by atoms with Crippen molar-refractivity contribution in [2.24, 2.45) is 0 Å². The molecular weight excluding hydrogens is 254 g/mol. The van der Waals surface area contributed by atoms with Crippen LogP contribution in [0.3, 0.4) is 0 Å². The number of fused-ring (bicyclic) bond motifs is 1. The second kappa shape index (κ2) is 4.63. The molecule has 0 aliphatic heterocycles. The quantitative estimate of drug-likeness (QED) is 0.523. The zero-order valence-electron chi connectivity index (χ0n) is 11.0. The molecule has 2 heterocycles. The average Bonchev–Trinajstić information content (AvgIpc) is 2.85. The maximum absolute atomic E-state index is 8.78. The molecule has 0 saturated carbocycles. The zero-order valence-corrected chi connectivity index (χ0v) is 11.0. The van der Waals surface area contributed by atoms with Crippen LogP contribution in [0.2, 0.25) is 0 Å². The molecule has 2 aromatic heterocycles. The van der Waals surface area contributed by atoms with Gasteiger partial charge in [-0.05, 0) is 30.3 Å². The van der Waals surface area contributed by atoms with E-state index in [4.69, 9.17) is 9.68 Å². The molecule has 3 rings (SSSR count). The van der Waals surface area contributed by atoms with Crippen LogP contribution in [-0.4, -0.2) is 22.2 Å². The summed E-state index contributed by atoms with van der Waals surface area (Å²) in [5.74, 6) is 1.14. The molecule has 0 saturated heterocycles. The van der Waals surface area contributed by atoms with Gasteiger partial charge in [-0.1, -0.05) is 0 Å². The number of nitriles is 1. The van der Waals surface area contributed by atoms with Crippen LogP contribution in [0.4, 0.5) is 5.82 Å². The molecule has 0 aliphatic carbocycles. The number of aromatic nitrogens is 3. The van der Waals surface area contributed by atoms with E-state index in [0.29, 0.717) is 11.7 Å². The standard InChI is InChI=1S/C14H11N5O/c1-9-16-12-7-10(3-5-13(12)20-9)11-4-6-14(18-17-11)19(2)8-15/h3-7H,1-2H3. The van der Waals surface area contributed by atoms with E-state index < -0.39 is 0 Å². The molecule has 98 valence electrons. The van der Waals surface area contributed by atoms with Crippen LogP contribution in [0.15, 0.2) is 34.7 Å². The SMILES string of the molecule is Cc1nc2cc(-c3ccc(N(C)C#N)nn3)ccc2o1. The normalized spacial score (nSPS) is 10.4. The van der Waals surface area contributed by atoms with Crippen molar-refractivity contribution in [3.63, 3.8) is 0 Å². The fourth-order valence-electron chi connectivity index (χ4n) is 1.91. The fourth-order valence-corrected chi connectivity index (χ4v) is 1.91. The van der Waals surface area contributed by atoms with Crippen molar-refractivity contribution in [1.29, 1.82) is 5.26 Å². The predicted molar refractivity (Wildman–Crippen MR) is 73.8 cm³/mol. The molecule has 0 unspecified atom stereocenters. The smallest absolute Gasteiger partial charge is 0.192 e. The van der Waals surface area contributed by atoms with Gasteiger partial charge < -0.3 is 4.42 Å². The molecule has 1 aromatic carbocycles. The van der Waals surface area contributed by atoms with E-state index in [9.17, 15) is 0 Å². The Morgan fingerprint density at radius 2 is 2.05 bits per heavy atom. The lowest BCUT2D eigenvalue weighted by Crippen LogP contribution is -2.10. The first-order chi connectivity index (χ1) is 9.67. The van der Waals surface area contributed by atoms with Gasteiger partial charge in [-0.15, -0.1) is 10.2 Å². The van der Waals surface area contributed by atoms with Gasteiger partial charge in [0, 0.05) is 19.5 Å². The summed E-state index contributed by atoms with van der Waals surface area (Å²) in [6.07, 6.45) is 1.98. The minimum atomic E-state index is 0.509. The zero-order chi connectivity index (χ0) is 14.1. The van der Waals surface area contributed by atoms with Crippen LogP contribution in [-0.2, 0) is 0 Å². The van der Waals surface area contributed by atoms with E-state index in [0.717, 1.165) is 22.4 Å². The molecule has 0 N–H and O–H groups in total. The second-order valence-electron chi connectivity index (χ2n) is 4.35. The summed E-state index contributed by atoms with van der Waals surface area (Å²) in [7, 11) is 1.63. The Morgan fingerprint density at radius 3 is 2.75 bits per heavy atom. The first-order valence-electron chi connectivity index (χ1n) is 6.02. The van der Waals surface area contributed by atoms with Crippen molar-refractivity contribution in [2.45, 2.75) is 6.92 Å². The monoisotopic (exact) mass is 265 g/mol. The minimum absolute atomic E-state index is 0.509. The molecule has 3 aromatic rings. The molecule has 6 nitrogen and oxygen atoms in total. The van der Waals surface area contributed by atoms with Crippen molar-refractivity contribution in [2.75, 3.05) is 11.9 Å². The van der Waals surface area contributed by atoms with E-state index >= 15 is 0 Å². The molecule has 0 amide bonds. The molecule has 0 atom stereocenters. The Bertz CT molecular complexity index is 801. The fraction of sp³-hybridized carbons (Fsp3) is 0.143. The number of anilines is 1. The molecule has 6 heteroatoms. The Kier molecular flexibility index (Phi) is 2.80. The van der Waals surface area contributed by atoms with Crippen LogP contribution in [0.25, 0.3) is 22.4 Å². The number of hydrogen-bond acceptors (Lipinski definition) is 6. The Labute approximate surface area is 115 Å². The Balaban J connectivity index is 2.00. The van der Waals surface area contributed by atoms with Crippen LogP contribution in [0.1, 0.15) is 5.89 Å². The largest absolute Gasteiger partial charge is 0.441 e. The van der Waals surface area contributed by atoms with E-state index in [-0.39, 0.29) is 0 Å². The topological polar surface area (TPSA) is 78.8 Å². The van der Waals surface area contributed by atoms with E-state index in [1.807, 2.05) is 37.4 Å². The molecule has 20 heavy (non-hydrogen) atoms. The molecule has 0 spiro atoms. The van der Waals surface area contributed by atoms with Gasteiger partial charge in [0.25, 0.3) is 0 Å².